The Morgan fingerprint density at radius 3 is 2.20 bits per heavy atom. The molecular weight excluding hydrogens is 250 g/mol. The van der Waals surface area contributed by atoms with E-state index in [0.717, 1.165) is 38.6 Å². The fourth-order valence-corrected chi connectivity index (χ4v) is 4.39. The maximum Gasteiger partial charge on any atom is 0.0484 e. The Kier molecular flexibility index (Phi) is 4.97. The van der Waals surface area contributed by atoms with Crippen molar-refractivity contribution in [1.82, 2.24) is 9.80 Å². The number of rotatable bonds is 3. The van der Waals surface area contributed by atoms with Gasteiger partial charge in [-0.15, -0.1) is 0 Å². The summed E-state index contributed by atoms with van der Waals surface area (Å²) >= 11 is 0. The van der Waals surface area contributed by atoms with E-state index in [-0.39, 0.29) is 5.54 Å². The summed E-state index contributed by atoms with van der Waals surface area (Å²) in [5.41, 5.74) is 6.38. The van der Waals surface area contributed by atoms with Crippen LogP contribution in [-0.2, 0) is 4.74 Å². The molecule has 20 heavy (non-hydrogen) atoms. The van der Waals surface area contributed by atoms with Crippen LogP contribution in [0.15, 0.2) is 0 Å². The van der Waals surface area contributed by atoms with Gasteiger partial charge in [0.25, 0.3) is 0 Å². The van der Waals surface area contributed by atoms with Crippen LogP contribution in [0.3, 0.4) is 0 Å². The van der Waals surface area contributed by atoms with Crippen LogP contribution in [0.1, 0.15) is 44.9 Å². The van der Waals surface area contributed by atoms with Gasteiger partial charge in [0.2, 0.25) is 0 Å². The lowest BCUT2D eigenvalue weighted by Gasteiger charge is -2.50. The fourth-order valence-electron chi connectivity index (χ4n) is 4.39. The van der Waals surface area contributed by atoms with Crippen molar-refractivity contribution >= 4 is 0 Å². The molecule has 3 heterocycles. The van der Waals surface area contributed by atoms with E-state index in [1.807, 2.05) is 0 Å². The zero-order valence-corrected chi connectivity index (χ0v) is 12.9. The first kappa shape index (κ1) is 14.8. The van der Waals surface area contributed by atoms with Crippen LogP contribution in [0.4, 0.5) is 0 Å². The van der Waals surface area contributed by atoms with Crippen molar-refractivity contribution in [2.45, 2.75) is 56.5 Å². The van der Waals surface area contributed by atoms with Gasteiger partial charge in [0.15, 0.2) is 0 Å². The Morgan fingerprint density at radius 2 is 1.60 bits per heavy atom. The van der Waals surface area contributed by atoms with Crippen molar-refractivity contribution < 1.29 is 4.74 Å². The normalized spacial score (nSPS) is 30.4. The van der Waals surface area contributed by atoms with E-state index in [2.05, 4.69) is 9.80 Å². The summed E-state index contributed by atoms with van der Waals surface area (Å²) in [5.74, 6) is 0. The Hall–Kier alpha value is -0.160. The van der Waals surface area contributed by atoms with Crippen LogP contribution >= 0.6 is 0 Å². The van der Waals surface area contributed by atoms with Gasteiger partial charge in [-0.1, -0.05) is 6.42 Å². The highest BCUT2D eigenvalue weighted by atomic mass is 16.5. The lowest BCUT2D eigenvalue weighted by Crippen LogP contribution is -2.60. The Bertz CT molecular complexity index is 290. The van der Waals surface area contributed by atoms with E-state index in [9.17, 15) is 0 Å². The third-order valence-electron chi connectivity index (χ3n) is 5.85. The molecule has 0 aromatic heterocycles. The van der Waals surface area contributed by atoms with Crippen molar-refractivity contribution in [3.63, 3.8) is 0 Å². The van der Waals surface area contributed by atoms with Crippen molar-refractivity contribution in [3.05, 3.63) is 0 Å². The molecule has 3 aliphatic heterocycles. The number of nitrogens with two attached hydrogens (primary N) is 1. The van der Waals surface area contributed by atoms with Crippen LogP contribution in [0, 0.1) is 0 Å². The van der Waals surface area contributed by atoms with E-state index in [1.54, 1.807) is 0 Å². The van der Waals surface area contributed by atoms with Gasteiger partial charge in [-0.3, -0.25) is 4.90 Å². The summed E-state index contributed by atoms with van der Waals surface area (Å²) in [7, 11) is 0. The smallest absolute Gasteiger partial charge is 0.0484 e. The average molecular weight is 281 g/mol. The summed E-state index contributed by atoms with van der Waals surface area (Å²) in [4.78, 5) is 5.44. The minimum absolute atomic E-state index is 0.241. The quantitative estimate of drug-likeness (QED) is 0.850. The van der Waals surface area contributed by atoms with Crippen LogP contribution in [-0.4, -0.2) is 67.3 Å². The molecule has 0 spiro atoms. The number of nitrogens with zero attached hydrogens (tertiary/aromatic N) is 2. The first-order valence-corrected chi connectivity index (χ1v) is 8.61. The molecule has 0 aromatic carbocycles. The number of hydrogen-bond acceptors (Lipinski definition) is 4. The van der Waals surface area contributed by atoms with Gasteiger partial charge in [-0.25, -0.2) is 0 Å². The highest BCUT2D eigenvalue weighted by Gasteiger charge is 2.39. The SMILES string of the molecule is NCC1(N2CCC(N3CCCCC3)CC2)CCOCC1. The number of likely N-dealkylation sites (tertiary alicyclic amines) is 2. The highest BCUT2D eigenvalue weighted by Crippen LogP contribution is 2.31. The predicted octanol–water partition coefficient (Wildman–Crippen LogP) is 1.44. The molecular formula is C16H31N3O. The number of hydrogen-bond donors (Lipinski definition) is 1. The van der Waals surface area contributed by atoms with Gasteiger partial charge in [-0.05, 0) is 51.6 Å². The van der Waals surface area contributed by atoms with Gasteiger partial charge >= 0.3 is 0 Å². The van der Waals surface area contributed by atoms with Crippen LogP contribution in [0.5, 0.6) is 0 Å². The number of ether oxygens (including phenoxy) is 1. The summed E-state index contributed by atoms with van der Waals surface area (Å²) in [6.07, 6.45) is 9.17. The fraction of sp³-hybridized carbons (Fsp3) is 1.00. The molecule has 0 aliphatic carbocycles. The topological polar surface area (TPSA) is 41.7 Å². The lowest BCUT2D eigenvalue weighted by atomic mass is 9.85. The zero-order valence-electron chi connectivity index (χ0n) is 12.9. The van der Waals surface area contributed by atoms with Crippen LogP contribution in [0.25, 0.3) is 0 Å². The van der Waals surface area contributed by atoms with Gasteiger partial charge < -0.3 is 15.4 Å². The third kappa shape index (κ3) is 3.03. The third-order valence-corrected chi connectivity index (χ3v) is 5.85. The van der Waals surface area contributed by atoms with Crippen molar-refractivity contribution in [2.24, 2.45) is 5.73 Å². The number of piperidine rings is 2. The molecule has 0 aromatic rings. The molecule has 3 rings (SSSR count). The molecule has 0 unspecified atom stereocenters. The van der Waals surface area contributed by atoms with Crippen molar-refractivity contribution in [3.8, 4) is 0 Å². The van der Waals surface area contributed by atoms with E-state index >= 15 is 0 Å². The van der Waals surface area contributed by atoms with Crippen LogP contribution in [0.2, 0.25) is 0 Å². The Labute approximate surface area is 123 Å². The second kappa shape index (κ2) is 6.73. The molecule has 3 aliphatic rings. The second-order valence-corrected chi connectivity index (χ2v) is 6.86. The van der Waals surface area contributed by atoms with E-state index < -0.39 is 0 Å². The van der Waals surface area contributed by atoms with Crippen molar-refractivity contribution in [1.29, 1.82) is 0 Å². The molecule has 0 radical (unpaired) electrons. The molecule has 0 atom stereocenters. The maximum atomic E-state index is 6.14. The Balaban J connectivity index is 1.54. The van der Waals surface area contributed by atoms with Crippen LogP contribution < -0.4 is 5.73 Å². The Morgan fingerprint density at radius 1 is 0.950 bits per heavy atom. The monoisotopic (exact) mass is 281 g/mol. The van der Waals surface area contributed by atoms with Gasteiger partial charge in [0.1, 0.15) is 0 Å². The van der Waals surface area contributed by atoms with E-state index in [4.69, 9.17) is 10.5 Å². The molecule has 4 nitrogen and oxygen atoms in total. The summed E-state index contributed by atoms with van der Waals surface area (Å²) in [6.45, 7) is 7.72. The maximum absolute atomic E-state index is 6.14. The minimum Gasteiger partial charge on any atom is -0.381 e. The minimum atomic E-state index is 0.241. The van der Waals surface area contributed by atoms with E-state index in [0.29, 0.717) is 0 Å². The molecule has 116 valence electrons. The predicted molar refractivity (Wildman–Crippen MR) is 81.9 cm³/mol. The highest BCUT2D eigenvalue weighted by molar-refractivity contribution is 4.96. The lowest BCUT2D eigenvalue weighted by molar-refractivity contribution is -0.0428. The molecule has 3 fully saturated rings. The summed E-state index contributed by atoms with van der Waals surface area (Å²) in [6, 6.07) is 0.834. The first-order valence-electron chi connectivity index (χ1n) is 8.61. The second-order valence-electron chi connectivity index (χ2n) is 6.86. The van der Waals surface area contributed by atoms with Gasteiger partial charge in [-0.2, -0.15) is 0 Å². The van der Waals surface area contributed by atoms with Gasteiger partial charge in [0.05, 0.1) is 0 Å². The van der Waals surface area contributed by atoms with E-state index in [1.165, 1.54) is 58.3 Å². The average Bonchev–Trinajstić information content (AvgIpc) is 2.56. The summed E-state index contributed by atoms with van der Waals surface area (Å²) in [5, 5.41) is 0. The molecule has 0 saturated carbocycles. The zero-order chi connectivity index (χ0) is 13.8. The molecule has 0 amide bonds. The molecule has 3 saturated heterocycles. The van der Waals surface area contributed by atoms with Crippen molar-refractivity contribution in [2.75, 3.05) is 45.9 Å². The summed E-state index contributed by atoms with van der Waals surface area (Å²) < 4.78 is 5.54. The standard InChI is InChI=1S/C16H31N3O/c17-14-16(6-12-20-13-7-16)19-10-4-15(5-11-19)18-8-2-1-3-9-18/h15H,1-14,17H2. The van der Waals surface area contributed by atoms with Gasteiger partial charge in [0, 0.05) is 44.4 Å². The molecule has 2 N–H and O–H groups in total. The first-order chi connectivity index (χ1) is 9.84. The largest absolute Gasteiger partial charge is 0.381 e. The molecule has 0 bridgehead atoms. The molecule has 4 heteroatoms.